The Bertz CT molecular complexity index is 650. The van der Waals surface area contributed by atoms with Crippen LogP contribution in [0.2, 0.25) is 0 Å². The molecule has 1 aliphatic rings. The van der Waals surface area contributed by atoms with Gasteiger partial charge in [0.25, 0.3) is 0 Å². The highest BCUT2D eigenvalue weighted by molar-refractivity contribution is 5.93. The van der Waals surface area contributed by atoms with Crippen LogP contribution in [0.5, 0.6) is 5.88 Å². The fourth-order valence-corrected chi connectivity index (χ4v) is 2.24. The average molecular weight is 258 g/mol. The van der Waals surface area contributed by atoms with Crippen LogP contribution in [0.3, 0.4) is 0 Å². The van der Waals surface area contributed by atoms with Crippen molar-refractivity contribution in [3.8, 4) is 17.1 Å². The molecule has 1 aromatic heterocycles. The lowest BCUT2D eigenvalue weighted by Crippen LogP contribution is -2.38. The van der Waals surface area contributed by atoms with Crippen LogP contribution in [0.1, 0.15) is 18.5 Å². The number of rotatable bonds is 1. The van der Waals surface area contributed by atoms with Crippen LogP contribution in [0.4, 0.5) is 10.5 Å². The molecule has 1 unspecified atom stereocenters. The molecule has 6 nitrogen and oxygen atoms in total. The lowest BCUT2D eigenvalue weighted by molar-refractivity contribution is 0.205. The quantitative estimate of drug-likeness (QED) is 0.734. The first-order chi connectivity index (χ1) is 9.06. The maximum Gasteiger partial charge on any atom is 0.322 e. The highest BCUT2D eigenvalue weighted by Gasteiger charge is 2.26. The first-order valence-electron chi connectivity index (χ1n) is 5.99. The fourth-order valence-electron chi connectivity index (χ4n) is 2.24. The summed E-state index contributed by atoms with van der Waals surface area (Å²) in [6, 6.07) is 7.20. The molecule has 19 heavy (non-hydrogen) atoms. The lowest BCUT2D eigenvalue weighted by Gasteiger charge is -2.32. The monoisotopic (exact) mass is 258 g/mol. The van der Waals surface area contributed by atoms with Gasteiger partial charge in [0.05, 0.1) is 11.7 Å². The van der Waals surface area contributed by atoms with E-state index in [-0.39, 0.29) is 18.0 Å². The Labute approximate surface area is 110 Å². The summed E-state index contributed by atoms with van der Waals surface area (Å²) in [5, 5.41) is 18.6. The van der Waals surface area contributed by atoms with Crippen molar-refractivity contribution in [2.75, 3.05) is 12.4 Å². The van der Waals surface area contributed by atoms with Crippen LogP contribution < -0.4 is 5.32 Å². The van der Waals surface area contributed by atoms with Crippen molar-refractivity contribution in [3.63, 3.8) is 0 Å². The minimum atomic E-state index is -0.105. The molecule has 0 saturated carbocycles. The van der Waals surface area contributed by atoms with Crippen molar-refractivity contribution in [2.24, 2.45) is 0 Å². The number of benzene rings is 1. The second kappa shape index (κ2) is 4.01. The van der Waals surface area contributed by atoms with Crippen LogP contribution in [-0.2, 0) is 0 Å². The Morgan fingerprint density at radius 2 is 2.16 bits per heavy atom. The van der Waals surface area contributed by atoms with Crippen molar-refractivity contribution in [2.45, 2.75) is 13.0 Å². The number of nitrogens with zero attached hydrogens (tertiary/aromatic N) is 2. The number of nitrogens with one attached hydrogen (secondary N) is 2. The molecule has 1 aliphatic heterocycles. The van der Waals surface area contributed by atoms with E-state index < -0.39 is 0 Å². The van der Waals surface area contributed by atoms with E-state index in [1.54, 1.807) is 18.0 Å². The van der Waals surface area contributed by atoms with Gasteiger partial charge in [-0.2, -0.15) is 0 Å². The van der Waals surface area contributed by atoms with Crippen LogP contribution in [-0.4, -0.2) is 33.3 Å². The van der Waals surface area contributed by atoms with Crippen LogP contribution in [0, 0.1) is 0 Å². The minimum Gasteiger partial charge on any atom is -0.492 e. The molecule has 2 amide bonds. The summed E-state index contributed by atoms with van der Waals surface area (Å²) in [6.45, 7) is 1.98. The standard InChI is InChI=1S/C13H14N4O2/c1-7-9-5-8(11-6-12(18)16-15-11)3-4-10(9)14-13(19)17(7)2/h3-7H,1-2H3,(H,14,19)(H2,15,16,18). The first kappa shape index (κ1) is 11.6. The molecular weight excluding hydrogens is 244 g/mol. The summed E-state index contributed by atoms with van der Waals surface area (Å²) in [5.41, 5.74) is 3.52. The lowest BCUT2D eigenvalue weighted by atomic mass is 9.99. The van der Waals surface area contributed by atoms with E-state index in [2.05, 4.69) is 15.5 Å². The summed E-state index contributed by atoms with van der Waals surface area (Å²) in [6.07, 6.45) is 0. The van der Waals surface area contributed by atoms with Gasteiger partial charge in [0.15, 0.2) is 0 Å². The maximum absolute atomic E-state index is 11.7. The van der Waals surface area contributed by atoms with Gasteiger partial charge in [-0.3, -0.25) is 5.10 Å². The zero-order valence-electron chi connectivity index (χ0n) is 10.6. The number of fused-ring (bicyclic) bond motifs is 1. The Morgan fingerprint density at radius 3 is 2.84 bits per heavy atom. The van der Waals surface area contributed by atoms with E-state index in [9.17, 15) is 9.90 Å². The zero-order chi connectivity index (χ0) is 13.6. The number of hydrogen-bond acceptors (Lipinski definition) is 3. The van der Waals surface area contributed by atoms with Gasteiger partial charge in [-0.1, -0.05) is 6.07 Å². The molecule has 6 heteroatoms. The molecule has 0 aliphatic carbocycles. The van der Waals surface area contributed by atoms with Gasteiger partial charge in [-0.15, -0.1) is 5.10 Å². The van der Waals surface area contributed by atoms with Crippen molar-refractivity contribution in [3.05, 3.63) is 29.8 Å². The number of carbonyl (C=O) groups excluding carboxylic acids is 1. The number of H-pyrrole nitrogens is 1. The molecule has 0 saturated heterocycles. The van der Waals surface area contributed by atoms with Crippen molar-refractivity contribution in [1.82, 2.24) is 15.1 Å². The molecule has 0 bridgehead atoms. The molecule has 3 N–H and O–H groups in total. The van der Waals surface area contributed by atoms with E-state index in [4.69, 9.17) is 0 Å². The summed E-state index contributed by atoms with van der Waals surface area (Å²) >= 11 is 0. The summed E-state index contributed by atoms with van der Waals surface area (Å²) < 4.78 is 0. The molecule has 2 heterocycles. The highest BCUT2D eigenvalue weighted by atomic mass is 16.3. The maximum atomic E-state index is 11.7. The predicted octanol–water partition coefficient (Wildman–Crippen LogP) is 2.32. The topological polar surface area (TPSA) is 81.2 Å². The van der Waals surface area contributed by atoms with E-state index in [0.717, 1.165) is 22.5 Å². The molecule has 2 aromatic rings. The van der Waals surface area contributed by atoms with Gasteiger partial charge in [-0.05, 0) is 24.6 Å². The number of urea groups is 1. The van der Waals surface area contributed by atoms with Crippen molar-refractivity contribution in [1.29, 1.82) is 0 Å². The number of aromatic amines is 1. The third-order valence-corrected chi connectivity index (χ3v) is 3.52. The number of amides is 2. The second-order valence-electron chi connectivity index (χ2n) is 4.66. The Kier molecular flexibility index (Phi) is 2.45. The molecular formula is C13H14N4O2. The Hall–Kier alpha value is -2.50. The largest absolute Gasteiger partial charge is 0.492 e. The van der Waals surface area contributed by atoms with Gasteiger partial charge >= 0.3 is 6.03 Å². The van der Waals surface area contributed by atoms with E-state index in [1.807, 2.05) is 25.1 Å². The molecule has 1 atom stereocenters. The van der Waals surface area contributed by atoms with Gasteiger partial charge in [0, 0.05) is 24.4 Å². The first-order valence-corrected chi connectivity index (χ1v) is 5.99. The smallest absolute Gasteiger partial charge is 0.322 e. The average Bonchev–Trinajstić information content (AvgIpc) is 2.83. The summed E-state index contributed by atoms with van der Waals surface area (Å²) in [7, 11) is 1.76. The van der Waals surface area contributed by atoms with E-state index >= 15 is 0 Å². The number of aromatic hydroxyl groups is 1. The summed E-state index contributed by atoms with van der Waals surface area (Å²) in [5.74, 6) is -0.0359. The molecule has 0 fully saturated rings. The van der Waals surface area contributed by atoms with Gasteiger partial charge in [0.2, 0.25) is 5.88 Å². The molecule has 3 rings (SSSR count). The van der Waals surface area contributed by atoms with Gasteiger partial charge in [0.1, 0.15) is 0 Å². The zero-order valence-corrected chi connectivity index (χ0v) is 10.6. The Balaban J connectivity index is 2.07. The van der Waals surface area contributed by atoms with E-state index in [0.29, 0.717) is 0 Å². The molecule has 98 valence electrons. The normalized spacial score (nSPS) is 18.1. The number of carbonyl (C=O) groups is 1. The number of hydrogen-bond donors (Lipinski definition) is 3. The minimum absolute atomic E-state index is 0.000202. The third kappa shape index (κ3) is 1.81. The van der Waals surface area contributed by atoms with Crippen LogP contribution in [0.15, 0.2) is 24.3 Å². The summed E-state index contributed by atoms with van der Waals surface area (Å²) in [4.78, 5) is 13.3. The highest BCUT2D eigenvalue weighted by Crippen LogP contribution is 2.34. The van der Waals surface area contributed by atoms with Gasteiger partial charge in [-0.25, -0.2) is 4.79 Å². The number of anilines is 1. The third-order valence-electron chi connectivity index (χ3n) is 3.52. The molecule has 0 radical (unpaired) electrons. The van der Waals surface area contributed by atoms with Crippen LogP contribution in [0.25, 0.3) is 11.3 Å². The molecule has 0 spiro atoms. The van der Waals surface area contributed by atoms with Crippen molar-refractivity contribution < 1.29 is 9.90 Å². The second-order valence-corrected chi connectivity index (χ2v) is 4.66. The van der Waals surface area contributed by atoms with Gasteiger partial charge < -0.3 is 15.3 Å². The van der Waals surface area contributed by atoms with Crippen LogP contribution >= 0.6 is 0 Å². The van der Waals surface area contributed by atoms with Crippen molar-refractivity contribution >= 4 is 11.7 Å². The SMILES string of the molecule is CC1c2cc(-c3cc(O)n[nH]3)ccc2NC(=O)N1C. The predicted molar refractivity (Wildman–Crippen MR) is 70.9 cm³/mol. The Morgan fingerprint density at radius 1 is 1.37 bits per heavy atom. The fraction of sp³-hybridized carbons (Fsp3) is 0.231. The number of aromatic nitrogens is 2. The molecule has 1 aromatic carbocycles. The van der Waals surface area contributed by atoms with E-state index in [1.165, 1.54) is 0 Å².